The highest BCUT2D eigenvalue weighted by molar-refractivity contribution is 7.54. The molecule has 0 bridgehead atoms. The van der Waals surface area contributed by atoms with Crippen molar-refractivity contribution in [1.82, 2.24) is 0 Å². The first kappa shape index (κ1) is 29.2. The molecule has 0 aliphatic heterocycles. The third-order valence-electron chi connectivity index (χ3n) is 6.61. The first-order valence-electron chi connectivity index (χ1n) is 12.8. The molecule has 0 amide bonds. The van der Waals surface area contributed by atoms with Crippen LogP contribution in [0, 0.1) is 5.92 Å². The van der Waals surface area contributed by atoms with Gasteiger partial charge < -0.3 is 18.9 Å². The minimum Gasteiger partial charge on any atom is -0.507 e. The largest absolute Gasteiger partial charge is 0.507 e. The van der Waals surface area contributed by atoms with Gasteiger partial charge in [0.25, 0.3) is 0 Å². The van der Waals surface area contributed by atoms with Crippen LogP contribution in [-0.2, 0) is 25.0 Å². The summed E-state index contributed by atoms with van der Waals surface area (Å²) in [6, 6.07) is 3.74. The molecule has 0 fully saturated rings. The van der Waals surface area contributed by atoms with Gasteiger partial charge in [0, 0.05) is 25.5 Å². The maximum absolute atomic E-state index is 13.6. The minimum atomic E-state index is -3.49. The van der Waals surface area contributed by atoms with Crippen molar-refractivity contribution < 1.29 is 28.3 Å². The number of unbranched alkanes of at least 4 members (excludes halogenated alkanes) is 3. The smallest absolute Gasteiger partial charge is 0.378 e. The van der Waals surface area contributed by atoms with Gasteiger partial charge in [-0.2, -0.15) is 0 Å². The second-order valence-electron chi connectivity index (χ2n) is 9.67. The van der Waals surface area contributed by atoms with Crippen molar-refractivity contribution in [3.8, 4) is 11.5 Å². The molecular formula is C28H43O6P. The van der Waals surface area contributed by atoms with Gasteiger partial charge in [0.15, 0.2) is 0 Å². The van der Waals surface area contributed by atoms with E-state index in [-0.39, 0.29) is 36.3 Å². The van der Waals surface area contributed by atoms with Gasteiger partial charge in [-0.3, -0.25) is 4.79 Å². The number of carbonyl (C=O) groups is 1. The Kier molecular flexibility index (Phi) is 11.6. The summed E-state index contributed by atoms with van der Waals surface area (Å²) in [4.78, 5) is 11.0. The number of aromatic hydroxyl groups is 1. The average Bonchev–Trinajstić information content (AvgIpc) is 2.78. The molecule has 6 nitrogen and oxygen atoms in total. The third-order valence-corrected chi connectivity index (χ3v) is 8.50. The number of phenolic OH excluding ortho intramolecular Hbond substituents is 1. The van der Waals surface area contributed by atoms with Crippen molar-refractivity contribution in [3.05, 3.63) is 47.1 Å². The van der Waals surface area contributed by atoms with E-state index in [0.29, 0.717) is 24.2 Å². The number of carbonyl (C=O) groups excluding carboxylic acids is 1. The van der Waals surface area contributed by atoms with Crippen molar-refractivity contribution in [3.63, 3.8) is 0 Å². The van der Waals surface area contributed by atoms with Gasteiger partial charge in [-0.05, 0) is 76.0 Å². The van der Waals surface area contributed by atoms with E-state index in [1.165, 1.54) is 19.6 Å². The van der Waals surface area contributed by atoms with Crippen molar-refractivity contribution in [2.24, 2.45) is 5.92 Å². The van der Waals surface area contributed by atoms with Crippen LogP contribution in [0.15, 0.2) is 35.9 Å². The third kappa shape index (κ3) is 8.84. The molecule has 1 aliphatic carbocycles. The molecule has 196 valence electrons. The molecular weight excluding hydrogens is 463 g/mol. The summed E-state index contributed by atoms with van der Waals surface area (Å²) >= 11 is 0. The fraction of sp³-hybridized carbons (Fsp3) is 0.607. The van der Waals surface area contributed by atoms with Gasteiger partial charge in [-0.15, -0.1) is 0 Å². The monoisotopic (exact) mass is 506 g/mol. The van der Waals surface area contributed by atoms with Crippen LogP contribution in [0.1, 0.15) is 89.7 Å². The number of hydrogen-bond donors (Lipinski definition) is 1. The molecule has 1 aliphatic rings. The molecule has 0 heterocycles. The van der Waals surface area contributed by atoms with Crippen LogP contribution in [0.25, 0.3) is 0 Å². The van der Waals surface area contributed by atoms with Crippen molar-refractivity contribution >= 4 is 13.6 Å². The molecule has 3 unspecified atom stereocenters. The molecule has 0 aromatic heterocycles. The summed E-state index contributed by atoms with van der Waals surface area (Å²) in [5.41, 5.74) is 3.91. The normalized spacial score (nSPS) is 19.5. The van der Waals surface area contributed by atoms with Crippen LogP contribution >= 0.6 is 7.60 Å². The number of rotatable bonds is 14. The lowest BCUT2D eigenvalue weighted by molar-refractivity contribution is -0.141. The van der Waals surface area contributed by atoms with Crippen molar-refractivity contribution in [1.29, 1.82) is 0 Å². The molecule has 0 radical (unpaired) electrons. The molecule has 1 N–H and O–H groups in total. The van der Waals surface area contributed by atoms with E-state index in [9.17, 15) is 14.5 Å². The quantitative estimate of drug-likeness (QED) is 0.120. The van der Waals surface area contributed by atoms with E-state index in [4.69, 9.17) is 13.8 Å². The topological polar surface area (TPSA) is 82.1 Å². The fourth-order valence-electron chi connectivity index (χ4n) is 4.66. The lowest BCUT2D eigenvalue weighted by Crippen LogP contribution is -2.18. The standard InChI is InChI=1S/C28H43O6P/c1-7-8-9-12-23-18-26(30)28(25-17-21(4)13-14-24(25)20(2)3)27(19-23)34-35(31,32-6)16-11-10-15-33-22(5)29/h17-19,24-25,30H,2,7-16H2,1,3-6H3. The predicted molar refractivity (Wildman–Crippen MR) is 141 cm³/mol. The Morgan fingerprint density at radius 1 is 1.20 bits per heavy atom. The molecule has 1 aromatic rings. The Labute approximate surface area is 211 Å². The zero-order valence-corrected chi connectivity index (χ0v) is 23.0. The van der Waals surface area contributed by atoms with E-state index in [2.05, 4.69) is 26.5 Å². The Morgan fingerprint density at radius 2 is 1.94 bits per heavy atom. The lowest BCUT2D eigenvalue weighted by atomic mass is 9.73. The highest BCUT2D eigenvalue weighted by Crippen LogP contribution is 2.54. The molecule has 0 spiro atoms. The van der Waals surface area contributed by atoms with E-state index in [1.54, 1.807) is 0 Å². The van der Waals surface area contributed by atoms with E-state index < -0.39 is 7.60 Å². The zero-order valence-electron chi connectivity index (χ0n) is 22.1. The van der Waals surface area contributed by atoms with E-state index >= 15 is 0 Å². The van der Waals surface area contributed by atoms with Crippen LogP contribution in [-0.4, -0.2) is 31.0 Å². The fourth-order valence-corrected chi connectivity index (χ4v) is 6.07. The van der Waals surface area contributed by atoms with Gasteiger partial charge in [0.2, 0.25) is 0 Å². The summed E-state index contributed by atoms with van der Waals surface area (Å²) in [6.07, 6.45) is 9.39. The molecule has 1 aromatic carbocycles. The van der Waals surface area contributed by atoms with Crippen LogP contribution in [0.3, 0.4) is 0 Å². The Bertz CT molecular complexity index is 951. The molecule has 35 heavy (non-hydrogen) atoms. The summed E-state index contributed by atoms with van der Waals surface area (Å²) in [7, 11) is -2.10. The summed E-state index contributed by atoms with van der Waals surface area (Å²) in [5, 5.41) is 11.2. The predicted octanol–water partition coefficient (Wildman–Crippen LogP) is 7.70. The first-order chi connectivity index (χ1) is 16.6. The maximum Gasteiger partial charge on any atom is 0.378 e. The first-order valence-corrected chi connectivity index (χ1v) is 14.5. The van der Waals surface area contributed by atoms with E-state index in [0.717, 1.165) is 49.7 Å². The van der Waals surface area contributed by atoms with Crippen LogP contribution in [0.2, 0.25) is 0 Å². The lowest BCUT2D eigenvalue weighted by Gasteiger charge is -2.32. The number of benzene rings is 1. The number of ether oxygens (including phenoxy) is 1. The molecule has 3 atom stereocenters. The number of aryl methyl sites for hydroxylation is 1. The maximum atomic E-state index is 13.6. The average molecular weight is 507 g/mol. The Morgan fingerprint density at radius 3 is 2.57 bits per heavy atom. The number of hydrogen-bond acceptors (Lipinski definition) is 6. The van der Waals surface area contributed by atoms with Gasteiger partial charge in [0.1, 0.15) is 11.5 Å². The SMILES string of the molecule is C=C(C)C1CCC(C)=CC1c1c(O)cc(CCCCC)cc1OP(=O)(CCCCOC(C)=O)OC. The van der Waals surface area contributed by atoms with Gasteiger partial charge in [-0.25, -0.2) is 4.57 Å². The van der Waals surface area contributed by atoms with Crippen molar-refractivity contribution in [2.75, 3.05) is 19.9 Å². The van der Waals surface area contributed by atoms with Gasteiger partial charge >= 0.3 is 13.6 Å². The highest BCUT2D eigenvalue weighted by atomic mass is 31.2. The Hall–Kier alpha value is -2.04. The summed E-state index contributed by atoms with van der Waals surface area (Å²) in [6.45, 7) is 12.1. The minimum absolute atomic E-state index is 0.116. The molecule has 7 heteroatoms. The summed E-state index contributed by atoms with van der Waals surface area (Å²) in [5.74, 6) is 0.287. The summed E-state index contributed by atoms with van der Waals surface area (Å²) < 4.78 is 30.1. The zero-order chi connectivity index (χ0) is 26.0. The number of esters is 1. The van der Waals surface area contributed by atoms with Crippen molar-refractivity contribution in [2.45, 2.75) is 85.0 Å². The molecule has 0 saturated carbocycles. The Balaban J connectivity index is 2.41. The van der Waals surface area contributed by atoms with Crippen LogP contribution < -0.4 is 4.52 Å². The second-order valence-corrected chi connectivity index (χ2v) is 11.9. The second kappa shape index (κ2) is 13.9. The van der Waals surface area contributed by atoms with Gasteiger partial charge in [0.05, 0.1) is 12.8 Å². The van der Waals surface area contributed by atoms with E-state index in [1.807, 2.05) is 19.1 Å². The van der Waals surface area contributed by atoms with Crippen LogP contribution in [0.5, 0.6) is 11.5 Å². The highest BCUT2D eigenvalue weighted by Gasteiger charge is 2.33. The van der Waals surface area contributed by atoms with Gasteiger partial charge in [-0.1, -0.05) is 43.6 Å². The molecule has 0 saturated heterocycles. The number of phenols is 1. The van der Waals surface area contributed by atoms with Crippen LogP contribution in [0.4, 0.5) is 0 Å². The molecule has 2 rings (SSSR count). The number of allylic oxidation sites excluding steroid dienone is 3.